The largest absolute Gasteiger partial charge is 0.700 e. The molecule has 23 heavy (non-hydrogen) atoms. The molecule has 3 atom stereocenters. The Labute approximate surface area is 149 Å². The summed E-state index contributed by atoms with van der Waals surface area (Å²) in [6, 6.07) is 6.17. The number of piperidine rings is 1. The van der Waals surface area contributed by atoms with Crippen LogP contribution in [0.1, 0.15) is 37.7 Å². The average molecular weight is 360 g/mol. The van der Waals surface area contributed by atoms with Crippen LogP contribution in [0.5, 0.6) is 0 Å². The molecule has 1 saturated carbocycles. The zero-order valence-electron chi connectivity index (χ0n) is 13.3. The summed E-state index contributed by atoms with van der Waals surface area (Å²) in [4.78, 5) is 0. The second kappa shape index (κ2) is 8.74. The zero-order chi connectivity index (χ0) is 15.4. The number of benzene rings is 1. The number of hydrogen-bond donors (Lipinski definition) is 0. The minimum absolute atomic E-state index is 0. The maximum atomic E-state index is 7.80. The van der Waals surface area contributed by atoms with Gasteiger partial charge in [-0.15, -0.1) is 24.9 Å². The summed E-state index contributed by atoms with van der Waals surface area (Å²) in [5.41, 5.74) is 17.7. The molecule has 1 aliphatic carbocycles. The van der Waals surface area contributed by atoms with E-state index in [1.54, 1.807) is 6.07 Å². The number of nitrogens with one attached hydrogen (secondary N) is 2. The molecule has 2 N–H and O–H groups in total. The summed E-state index contributed by atoms with van der Waals surface area (Å²) in [6.07, 6.45) is 10.3. The van der Waals surface area contributed by atoms with E-state index in [0.717, 1.165) is 30.1 Å². The van der Waals surface area contributed by atoms with Gasteiger partial charge in [0.05, 0.1) is 0 Å². The van der Waals surface area contributed by atoms with Gasteiger partial charge in [-0.3, -0.25) is 0 Å². The summed E-state index contributed by atoms with van der Waals surface area (Å²) < 4.78 is 0. The second-order valence-electron chi connectivity index (χ2n) is 6.32. The van der Waals surface area contributed by atoms with Gasteiger partial charge in [0.2, 0.25) is 0 Å². The Morgan fingerprint density at radius 3 is 2.70 bits per heavy atom. The molecular weight excluding hydrogens is 336 g/mol. The van der Waals surface area contributed by atoms with E-state index >= 15 is 0 Å². The molecule has 0 aromatic heterocycles. The van der Waals surface area contributed by atoms with E-state index in [9.17, 15) is 0 Å². The molecule has 1 aromatic rings. The predicted molar refractivity (Wildman–Crippen MR) is 94.0 cm³/mol. The molecule has 1 aromatic carbocycles. The van der Waals surface area contributed by atoms with Crippen molar-refractivity contribution in [2.24, 2.45) is 5.92 Å². The summed E-state index contributed by atoms with van der Waals surface area (Å²) in [7, 11) is 0. The SMILES string of the molecule is [Cu].[NH-]C1CCCC2CCC[N-]C12.[NH-]c1cccc2c1[N-]CC=C2. The van der Waals surface area contributed by atoms with Gasteiger partial charge in [0, 0.05) is 17.1 Å². The zero-order valence-corrected chi connectivity index (χ0v) is 14.2. The summed E-state index contributed by atoms with van der Waals surface area (Å²) in [6.45, 7) is 1.74. The van der Waals surface area contributed by atoms with Gasteiger partial charge in [0.1, 0.15) is 0 Å². The van der Waals surface area contributed by atoms with Crippen LogP contribution in [0.3, 0.4) is 0 Å². The molecule has 5 heteroatoms. The molecule has 0 amide bonds. The van der Waals surface area contributed by atoms with Gasteiger partial charge in [-0.05, 0) is 5.56 Å². The average Bonchev–Trinajstić information content (AvgIpc) is 2.57. The molecule has 2 heterocycles. The Balaban J connectivity index is 0.000000160. The van der Waals surface area contributed by atoms with Crippen molar-refractivity contribution >= 4 is 17.5 Å². The van der Waals surface area contributed by atoms with Crippen LogP contribution in [0.4, 0.5) is 11.4 Å². The number of hydrogen-bond acceptors (Lipinski definition) is 0. The molecule has 1 radical (unpaired) electrons. The molecule has 3 unspecified atom stereocenters. The second-order valence-corrected chi connectivity index (χ2v) is 6.32. The van der Waals surface area contributed by atoms with Crippen LogP contribution >= 0.6 is 0 Å². The third kappa shape index (κ3) is 4.51. The molecule has 0 bridgehead atoms. The van der Waals surface area contributed by atoms with E-state index < -0.39 is 0 Å². The maximum absolute atomic E-state index is 7.80. The molecule has 2 aliphatic heterocycles. The van der Waals surface area contributed by atoms with Crippen LogP contribution in [0.15, 0.2) is 24.3 Å². The van der Waals surface area contributed by atoms with Crippen molar-refractivity contribution < 1.29 is 17.1 Å². The van der Waals surface area contributed by atoms with Gasteiger partial charge in [-0.2, -0.15) is 17.8 Å². The number of nitrogens with zero attached hydrogens (tertiary/aromatic N) is 2. The fourth-order valence-electron chi connectivity index (χ4n) is 3.65. The Hall–Kier alpha value is -1.00. The summed E-state index contributed by atoms with van der Waals surface area (Å²) in [5.74, 6) is 0.778. The van der Waals surface area contributed by atoms with Crippen molar-refractivity contribution in [3.63, 3.8) is 0 Å². The van der Waals surface area contributed by atoms with Crippen LogP contribution < -0.4 is 0 Å². The fourth-order valence-corrected chi connectivity index (χ4v) is 3.65. The third-order valence-electron chi connectivity index (χ3n) is 4.78. The van der Waals surface area contributed by atoms with E-state index in [2.05, 4.69) is 10.6 Å². The van der Waals surface area contributed by atoms with Gasteiger partial charge in [-0.1, -0.05) is 62.3 Å². The molecule has 131 valence electrons. The Kier molecular flexibility index (Phi) is 6.97. The normalized spacial score (nSPS) is 28.1. The molecule has 3 aliphatic rings. The van der Waals surface area contributed by atoms with Crippen molar-refractivity contribution in [1.29, 1.82) is 0 Å². The predicted octanol–water partition coefficient (Wildman–Crippen LogP) is 6.14. The fraction of sp³-hybridized carbons (Fsp3) is 0.556. The Morgan fingerprint density at radius 1 is 1.09 bits per heavy atom. The molecular formula is C18H24CuN4-4. The number of para-hydroxylation sites is 1. The smallest absolute Gasteiger partial charge is 0 e. The van der Waals surface area contributed by atoms with E-state index in [0.29, 0.717) is 18.3 Å². The Morgan fingerprint density at radius 2 is 1.91 bits per heavy atom. The van der Waals surface area contributed by atoms with E-state index in [4.69, 9.17) is 11.5 Å². The van der Waals surface area contributed by atoms with Crippen molar-refractivity contribution in [3.05, 3.63) is 51.9 Å². The van der Waals surface area contributed by atoms with Crippen LogP contribution in [0, 0.1) is 5.92 Å². The third-order valence-corrected chi connectivity index (χ3v) is 4.78. The van der Waals surface area contributed by atoms with Crippen LogP contribution in [0.25, 0.3) is 28.2 Å². The standard InChI is InChI=1S/C9H16N2.C9H8N2.Cu/c2*10-8-5-1-3-7-4-2-6-11-9(7)8;/h7-10H,1-6H2;1-5,10H,6H2;/q2*-2;. The molecule has 1 saturated heterocycles. The van der Waals surface area contributed by atoms with E-state index in [1.165, 1.54) is 25.7 Å². The summed E-state index contributed by atoms with van der Waals surface area (Å²) in [5, 5.41) is 8.76. The topological polar surface area (TPSA) is 75.8 Å². The van der Waals surface area contributed by atoms with Crippen LogP contribution in [0.2, 0.25) is 0 Å². The number of rotatable bonds is 0. The van der Waals surface area contributed by atoms with Gasteiger partial charge in [-0.25, -0.2) is 0 Å². The summed E-state index contributed by atoms with van der Waals surface area (Å²) >= 11 is 0. The monoisotopic (exact) mass is 359 g/mol. The van der Waals surface area contributed by atoms with E-state index in [1.807, 2.05) is 24.3 Å². The minimum Gasteiger partial charge on any atom is -0.700 e. The Bertz CT molecular complexity index is 530. The van der Waals surface area contributed by atoms with Crippen molar-refractivity contribution in [3.8, 4) is 0 Å². The van der Waals surface area contributed by atoms with Gasteiger partial charge >= 0.3 is 0 Å². The van der Waals surface area contributed by atoms with Gasteiger partial charge < -0.3 is 22.1 Å². The van der Waals surface area contributed by atoms with Gasteiger partial charge in [0.25, 0.3) is 0 Å². The molecule has 0 spiro atoms. The first-order valence-electron chi connectivity index (χ1n) is 8.32. The van der Waals surface area contributed by atoms with Gasteiger partial charge in [0.15, 0.2) is 0 Å². The van der Waals surface area contributed by atoms with Crippen LogP contribution in [-0.2, 0) is 17.1 Å². The first-order valence-corrected chi connectivity index (χ1v) is 8.32. The first-order chi connectivity index (χ1) is 10.8. The first kappa shape index (κ1) is 18.3. The minimum atomic E-state index is 0. The number of fused-ring (bicyclic) bond motifs is 2. The van der Waals surface area contributed by atoms with Crippen molar-refractivity contribution in [2.45, 2.75) is 44.2 Å². The maximum Gasteiger partial charge on any atom is 0 e. The molecule has 4 rings (SSSR count). The van der Waals surface area contributed by atoms with Crippen molar-refractivity contribution in [2.75, 3.05) is 13.1 Å². The van der Waals surface area contributed by atoms with Crippen molar-refractivity contribution in [1.82, 2.24) is 0 Å². The molecule has 2 fully saturated rings. The molecule has 4 nitrogen and oxygen atoms in total. The van der Waals surface area contributed by atoms with Crippen LogP contribution in [-0.4, -0.2) is 25.2 Å². The quantitative estimate of drug-likeness (QED) is 0.498. The van der Waals surface area contributed by atoms with E-state index in [-0.39, 0.29) is 23.1 Å².